The van der Waals surface area contributed by atoms with E-state index in [0.29, 0.717) is 64.7 Å². The van der Waals surface area contributed by atoms with Crippen LogP contribution in [0.15, 0.2) is 24.5 Å². The number of hydrogen-bond acceptors (Lipinski definition) is 5. The SMILES string of the molecule is CC(=O)N[C@H]1CC[C@@H](NC(=O)c2c(C)[nH]c3c(-c4cc(F)ccc4OCC4CC4)ncnc23)C[C@H]1F. The summed E-state index contributed by atoms with van der Waals surface area (Å²) in [5.74, 6) is -0.0232. The number of aryl methyl sites for hydroxylation is 1. The molecule has 0 radical (unpaired) electrons. The lowest BCUT2D eigenvalue weighted by atomic mass is 9.89. The Morgan fingerprint density at radius 2 is 1.97 bits per heavy atom. The predicted octanol–water partition coefficient (Wildman–Crippen LogP) is 3.99. The van der Waals surface area contributed by atoms with Crippen LogP contribution in [0.5, 0.6) is 5.75 Å². The van der Waals surface area contributed by atoms with Crippen LogP contribution in [0.25, 0.3) is 22.3 Å². The van der Waals surface area contributed by atoms with E-state index in [1.807, 2.05) is 0 Å². The minimum absolute atomic E-state index is 0.114. The van der Waals surface area contributed by atoms with E-state index < -0.39 is 18.0 Å². The van der Waals surface area contributed by atoms with Gasteiger partial charge >= 0.3 is 0 Å². The highest BCUT2D eigenvalue weighted by molar-refractivity contribution is 6.09. The molecule has 2 fully saturated rings. The number of rotatable bonds is 7. The molecule has 3 N–H and O–H groups in total. The molecule has 0 saturated heterocycles. The monoisotopic (exact) mass is 497 g/mol. The lowest BCUT2D eigenvalue weighted by Crippen LogP contribution is -2.49. The number of nitrogens with zero attached hydrogens (tertiary/aromatic N) is 2. The maximum atomic E-state index is 14.6. The van der Waals surface area contributed by atoms with Crippen LogP contribution >= 0.6 is 0 Å². The van der Waals surface area contributed by atoms with Crippen LogP contribution in [0.2, 0.25) is 0 Å². The summed E-state index contributed by atoms with van der Waals surface area (Å²) in [5, 5.41) is 5.55. The van der Waals surface area contributed by atoms with Gasteiger partial charge in [0.05, 0.1) is 23.7 Å². The van der Waals surface area contributed by atoms with Crippen molar-refractivity contribution in [3.63, 3.8) is 0 Å². The Labute approximate surface area is 207 Å². The van der Waals surface area contributed by atoms with Gasteiger partial charge in [-0.2, -0.15) is 0 Å². The molecule has 190 valence electrons. The summed E-state index contributed by atoms with van der Waals surface area (Å²) >= 11 is 0. The molecule has 2 amide bonds. The lowest BCUT2D eigenvalue weighted by molar-refractivity contribution is -0.120. The number of aromatic amines is 1. The molecule has 0 unspecified atom stereocenters. The number of nitrogens with one attached hydrogen (secondary N) is 3. The zero-order valence-corrected chi connectivity index (χ0v) is 20.2. The molecule has 0 bridgehead atoms. The number of H-pyrrole nitrogens is 1. The van der Waals surface area contributed by atoms with Crippen molar-refractivity contribution in [2.24, 2.45) is 5.92 Å². The average Bonchev–Trinajstić information content (AvgIpc) is 3.59. The van der Waals surface area contributed by atoms with E-state index in [1.165, 1.54) is 25.4 Å². The Hall–Kier alpha value is -3.56. The second-order valence-corrected chi connectivity index (χ2v) is 9.77. The average molecular weight is 498 g/mol. The quantitative estimate of drug-likeness (QED) is 0.458. The topological polar surface area (TPSA) is 109 Å². The van der Waals surface area contributed by atoms with Crippen molar-refractivity contribution in [1.82, 2.24) is 25.6 Å². The van der Waals surface area contributed by atoms with Crippen LogP contribution in [0, 0.1) is 18.7 Å². The van der Waals surface area contributed by atoms with Crippen molar-refractivity contribution >= 4 is 22.8 Å². The van der Waals surface area contributed by atoms with Gasteiger partial charge in [0, 0.05) is 30.6 Å². The number of aromatic nitrogens is 3. The van der Waals surface area contributed by atoms with Crippen LogP contribution in [0.1, 0.15) is 55.1 Å². The van der Waals surface area contributed by atoms with Crippen molar-refractivity contribution in [3.05, 3.63) is 41.6 Å². The van der Waals surface area contributed by atoms with E-state index in [0.717, 1.165) is 12.8 Å². The third-order valence-electron chi connectivity index (χ3n) is 6.86. The number of fused-ring (bicyclic) bond motifs is 1. The van der Waals surface area contributed by atoms with Gasteiger partial charge in [-0.3, -0.25) is 9.59 Å². The van der Waals surface area contributed by atoms with E-state index in [2.05, 4.69) is 25.6 Å². The number of halogens is 2. The molecular formula is C26H29F2N5O3. The molecule has 0 aliphatic heterocycles. The number of ether oxygens (including phenoxy) is 1. The normalized spacial score (nSPS) is 21.8. The van der Waals surface area contributed by atoms with Crippen molar-refractivity contribution < 1.29 is 23.1 Å². The van der Waals surface area contributed by atoms with E-state index in [4.69, 9.17) is 4.74 Å². The minimum atomic E-state index is -1.24. The van der Waals surface area contributed by atoms with Gasteiger partial charge in [0.2, 0.25) is 5.91 Å². The number of carbonyl (C=O) groups is 2. The van der Waals surface area contributed by atoms with Gasteiger partial charge in [-0.15, -0.1) is 0 Å². The molecule has 3 atom stereocenters. The molecule has 0 spiro atoms. The van der Waals surface area contributed by atoms with E-state index in [1.54, 1.807) is 13.0 Å². The number of carbonyl (C=O) groups excluding carboxylic acids is 2. The fourth-order valence-corrected chi connectivity index (χ4v) is 4.84. The summed E-state index contributed by atoms with van der Waals surface area (Å²) in [7, 11) is 0. The van der Waals surface area contributed by atoms with Crippen LogP contribution < -0.4 is 15.4 Å². The van der Waals surface area contributed by atoms with Gasteiger partial charge in [0.25, 0.3) is 5.91 Å². The summed E-state index contributed by atoms with van der Waals surface area (Å²) in [5.41, 5.74) is 2.73. The molecule has 36 heavy (non-hydrogen) atoms. The van der Waals surface area contributed by atoms with Gasteiger partial charge in [-0.1, -0.05) is 0 Å². The smallest absolute Gasteiger partial charge is 0.255 e. The fourth-order valence-electron chi connectivity index (χ4n) is 4.84. The highest BCUT2D eigenvalue weighted by atomic mass is 19.1. The van der Waals surface area contributed by atoms with Gasteiger partial charge in [0.15, 0.2) is 0 Å². The first-order valence-corrected chi connectivity index (χ1v) is 12.3. The first-order valence-electron chi connectivity index (χ1n) is 12.3. The highest BCUT2D eigenvalue weighted by Gasteiger charge is 2.33. The van der Waals surface area contributed by atoms with Gasteiger partial charge < -0.3 is 20.4 Å². The first kappa shape index (κ1) is 24.1. The maximum Gasteiger partial charge on any atom is 0.255 e. The molecule has 2 saturated carbocycles. The molecule has 8 nitrogen and oxygen atoms in total. The molecule has 2 aliphatic carbocycles. The van der Waals surface area contributed by atoms with Crippen molar-refractivity contribution in [1.29, 1.82) is 0 Å². The summed E-state index contributed by atoms with van der Waals surface area (Å²) in [6.07, 6.45) is 3.45. The Bertz CT molecular complexity index is 1310. The maximum absolute atomic E-state index is 14.6. The van der Waals surface area contributed by atoms with Crippen molar-refractivity contribution in [2.75, 3.05) is 6.61 Å². The van der Waals surface area contributed by atoms with Crippen molar-refractivity contribution in [2.45, 2.75) is 64.2 Å². The standard InChI is InChI=1S/C26H29F2N5O3/c1-13-22(26(35)33-17-6-7-20(19(28)10-17)32-14(2)34)24-25(31-13)23(29-12-30-24)18-9-16(27)5-8-21(18)36-11-15-3-4-15/h5,8-9,12,15,17,19-20,31H,3-4,6-7,10-11H2,1-2H3,(H,32,34)(H,33,35)/t17-,19-,20+/m1/s1. The van der Waals surface area contributed by atoms with E-state index in [9.17, 15) is 18.4 Å². The first-order chi connectivity index (χ1) is 17.3. The molecule has 3 aromatic rings. The molecule has 2 heterocycles. The fraction of sp³-hybridized carbons (Fsp3) is 0.462. The van der Waals surface area contributed by atoms with Crippen LogP contribution in [-0.2, 0) is 4.79 Å². The second-order valence-electron chi connectivity index (χ2n) is 9.77. The number of benzene rings is 1. The van der Waals surface area contributed by atoms with Crippen LogP contribution in [0.4, 0.5) is 8.78 Å². The molecule has 10 heteroatoms. The zero-order valence-electron chi connectivity index (χ0n) is 20.2. The largest absolute Gasteiger partial charge is 0.493 e. The Balaban J connectivity index is 1.40. The number of alkyl halides is 1. The number of hydrogen-bond donors (Lipinski definition) is 3. The Morgan fingerprint density at radius 1 is 1.17 bits per heavy atom. The van der Waals surface area contributed by atoms with Crippen LogP contribution in [0.3, 0.4) is 0 Å². The number of amides is 2. The Kier molecular flexibility index (Phi) is 6.59. The summed E-state index contributed by atoms with van der Waals surface area (Å²) < 4.78 is 34.8. The zero-order chi connectivity index (χ0) is 25.4. The molecule has 2 aromatic heterocycles. The third kappa shape index (κ3) is 5.03. The predicted molar refractivity (Wildman–Crippen MR) is 130 cm³/mol. The molecular weight excluding hydrogens is 468 g/mol. The van der Waals surface area contributed by atoms with Gasteiger partial charge in [-0.05, 0) is 56.7 Å². The van der Waals surface area contributed by atoms with Gasteiger partial charge in [0.1, 0.15) is 35.3 Å². The Morgan fingerprint density at radius 3 is 2.69 bits per heavy atom. The lowest BCUT2D eigenvalue weighted by Gasteiger charge is -2.32. The summed E-state index contributed by atoms with van der Waals surface area (Å²) in [6.45, 7) is 3.68. The van der Waals surface area contributed by atoms with Gasteiger partial charge in [-0.25, -0.2) is 18.7 Å². The second kappa shape index (κ2) is 9.83. The summed E-state index contributed by atoms with van der Waals surface area (Å²) in [4.78, 5) is 36.5. The molecule has 5 rings (SSSR count). The van der Waals surface area contributed by atoms with Crippen LogP contribution in [-0.4, -0.2) is 51.6 Å². The van der Waals surface area contributed by atoms with Crippen molar-refractivity contribution in [3.8, 4) is 17.0 Å². The highest BCUT2D eigenvalue weighted by Crippen LogP contribution is 2.37. The molecule has 2 aliphatic rings. The van der Waals surface area contributed by atoms with E-state index >= 15 is 0 Å². The molecule has 1 aromatic carbocycles. The van der Waals surface area contributed by atoms with E-state index in [-0.39, 0.29) is 24.3 Å². The summed E-state index contributed by atoms with van der Waals surface area (Å²) in [6, 6.07) is 3.41. The minimum Gasteiger partial charge on any atom is -0.493 e. The third-order valence-corrected chi connectivity index (χ3v) is 6.86.